The van der Waals surface area contributed by atoms with E-state index in [1.165, 1.54) is 14.0 Å². The van der Waals surface area contributed by atoms with Crippen LogP contribution < -0.4 is 0 Å². The van der Waals surface area contributed by atoms with Gasteiger partial charge in [-0.25, -0.2) is 4.79 Å². The second kappa shape index (κ2) is 10.2. The summed E-state index contributed by atoms with van der Waals surface area (Å²) in [4.78, 5) is 79.2. The topological polar surface area (TPSA) is 178 Å². The summed E-state index contributed by atoms with van der Waals surface area (Å²) in [6.45, 7) is 13.5. The summed E-state index contributed by atoms with van der Waals surface area (Å²) in [5.74, 6) is -6.23. The molecule has 2 aliphatic carbocycles. The Morgan fingerprint density at radius 1 is 1.05 bits per heavy atom. The molecule has 2 bridgehead atoms. The Morgan fingerprint density at radius 2 is 1.68 bits per heavy atom. The third-order valence-electron chi connectivity index (χ3n) is 10.6. The number of aliphatic hydroxyl groups excluding tert-OH is 1. The average Bonchev–Trinajstić information content (AvgIpc) is 3.31. The minimum Gasteiger partial charge on any atom is -0.469 e. The molecule has 0 aromatic heterocycles. The Morgan fingerprint density at radius 3 is 2.23 bits per heavy atom. The zero-order chi connectivity index (χ0) is 32.7. The third kappa shape index (κ3) is 4.26. The first-order chi connectivity index (χ1) is 20.3. The zero-order valence-electron chi connectivity index (χ0n) is 25.8. The minimum absolute atomic E-state index is 0.122. The van der Waals surface area contributed by atoms with E-state index in [0.717, 1.165) is 13.0 Å². The number of carbonyl (C=O) groups excluding carboxylic acids is 6. The molecule has 5 aliphatic rings. The maximum absolute atomic E-state index is 15.2. The van der Waals surface area contributed by atoms with E-state index in [-0.39, 0.29) is 24.0 Å². The van der Waals surface area contributed by atoms with Gasteiger partial charge in [-0.05, 0) is 43.3 Å². The summed E-state index contributed by atoms with van der Waals surface area (Å²) in [7, 11) is 1.24. The van der Waals surface area contributed by atoms with E-state index in [1.54, 1.807) is 13.8 Å². The maximum atomic E-state index is 15.2. The van der Waals surface area contributed by atoms with Crippen molar-refractivity contribution in [1.82, 2.24) is 0 Å². The summed E-state index contributed by atoms with van der Waals surface area (Å²) in [6.07, 6.45) is -6.06. The molecule has 1 spiro atoms. The van der Waals surface area contributed by atoms with Gasteiger partial charge in [-0.15, -0.1) is 0 Å². The highest BCUT2D eigenvalue weighted by atomic mass is 16.6. The molecule has 10 atom stereocenters. The molecule has 0 aromatic carbocycles. The molecule has 0 radical (unpaired) electrons. The highest BCUT2D eigenvalue weighted by Crippen LogP contribution is 2.69. The Hall–Kier alpha value is -3.58. The number of hydrogen-bond donors (Lipinski definition) is 1. The van der Waals surface area contributed by atoms with E-state index in [1.807, 2.05) is 13.8 Å². The zero-order valence-corrected chi connectivity index (χ0v) is 25.8. The van der Waals surface area contributed by atoms with Gasteiger partial charge in [0, 0.05) is 20.3 Å². The molecule has 2 saturated heterocycles. The molecule has 5 rings (SSSR count). The summed E-state index contributed by atoms with van der Waals surface area (Å²) in [6, 6.07) is 0. The summed E-state index contributed by atoms with van der Waals surface area (Å²) in [5, 5.41) is 10.1. The molecular formula is C31H38O13. The highest BCUT2D eigenvalue weighted by Gasteiger charge is 2.80. The van der Waals surface area contributed by atoms with Crippen LogP contribution in [0.25, 0.3) is 0 Å². The van der Waals surface area contributed by atoms with Crippen LogP contribution in [0.15, 0.2) is 23.8 Å². The Labute approximate surface area is 254 Å². The van der Waals surface area contributed by atoms with Crippen molar-refractivity contribution in [1.29, 1.82) is 0 Å². The van der Waals surface area contributed by atoms with E-state index >= 15 is 4.79 Å². The minimum atomic E-state index is -1.79. The first kappa shape index (κ1) is 31.8. The van der Waals surface area contributed by atoms with Gasteiger partial charge in [-0.2, -0.15) is 0 Å². The van der Waals surface area contributed by atoms with Gasteiger partial charge in [-0.3, -0.25) is 24.0 Å². The van der Waals surface area contributed by atoms with Gasteiger partial charge in [0.1, 0.15) is 30.0 Å². The van der Waals surface area contributed by atoms with Crippen LogP contribution in [0.4, 0.5) is 0 Å². The summed E-state index contributed by atoms with van der Waals surface area (Å²) in [5.41, 5.74) is -5.86. The number of ether oxygens (including phenoxy) is 6. The predicted molar refractivity (Wildman–Crippen MR) is 146 cm³/mol. The van der Waals surface area contributed by atoms with E-state index in [0.29, 0.717) is 0 Å². The van der Waals surface area contributed by atoms with Crippen molar-refractivity contribution < 1.29 is 62.3 Å². The van der Waals surface area contributed by atoms with Crippen LogP contribution in [0.2, 0.25) is 0 Å². The van der Waals surface area contributed by atoms with Gasteiger partial charge in [-0.1, -0.05) is 20.4 Å². The van der Waals surface area contributed by atoms with E-state index in [4.69, 9.17) is 28.4 Å². The van der Waals surface area contributed by atoms with Crippen LogP contribution >= 0.6 is 0 Å². The fourth-order valence-corrected chi connectivity index (χ4v) is 8.72. The third-order valence-corrected chi connectivity index (χ3v) is 10.6. The molecule has 44 heavy (non-hydrogen) atoms. The van der Waals surface area contributed by atoms with Crippen molar-refractivity contribution in [3.8, 4) is 0 Å². The van der Waals surface area contributed by atoms with Gasteiger partial charge < -0.3 is 33.5 Å². The van der Waals surface area contributed by atoms with E-state index in [2.05, 4.69) is 6.58 Å². The van der Waals surface area contributed by atoms with Crippen molar-refractivity contribution >= 4 is 35.6 Å². The van der Waals surface area contributed by atoms with Gasteiger partial charge in [0.05, 0.1) is 35.9 Å². The number of rotatable bonds is 5. The van der Waals surface area contributed by atoms with Crippen molar-refractivity contribution in [2.75, 3.05) is 7.11 Å². The number of carbonyl (C=O) groups is 6. The van der Waals surface area contributed by atoms with Gasteiger partial charge in [0.2, 0.25) is 6.29 Å². The molecule has 240 valence electrons. The van der Waals surface area contributed by atoms with Crippen LogP contribution in [0.5, 0.6) is 0 Å². The summed E-state index contributed by atoms with van der Waals surface area (Å²) < 4.78 is 34.3. The number of aliphatic hydroxyl groups is 1. The number of esters is 5. The summed E-state index contributed by atoms with van der Waals surface area (Å²) >= 11 is 0. The van der Waals surface area contributed by atoms with E-state index < -0.39 is 106 Å². The molecule has 1 N–H and O–H groups in total. The van der Waals surface area contributed by atoms with Crippen LogP contribution in [0, 0.1) is 28.1 Å². The lowest BCUT2D eigenvalue weighted by molar-refractivity contribution is -0.277. The quantitative estimate of drug-likeness (QED) is 0.266. The molecule has 13 nitrogen and oxygen atoms in total. The Kier molecular flexibility index (Phi) is 7.40. The van der Waals surface area contributed by atoms with Crippen molar-refractivity contribution in [3.05, 3.63) is 23.8 Å². The number of methoxy groups -OCH3 is 1. The van der Waals surface area contributed by atoms with Crippen molar-refractivity contribution in [2.24, 2.45) is 28.1 Å². The maximum Gasteiger partial charge on any atom is 0.340 e. The molecule has 2 saturated carbocycles. The molecule has 0 unspecified atom stereocenters. The second-order valence-corrected chi connectivity index (χ2v) is 13.5. The van der Waals surface area contributed by atoms with Gasteiger partial charge in [0.25, 0.3) is 0 Å². The van der Waals surface area contributed by atoms with Gasteiger partial charge in [0.15, 0.2) is 5.78 Å². The number of Topliss-reactive ketones (excluding diaryl/α,β-unsaturated/α-hetero) is 1. The first-order valence-electron chi connectivity index (χ1n) is 14.5. The largest absolute Gasteiger partial charge is 0.469 e. The Balaban J connectivity index is 1.79. The second-order valence-electron chi connectivity index (χ2n) is 13.5. The van der Waals surface area contributed by atoms with Crippen LogP contribution in [0.3, 0.4) is 0 Å². The fraction of sp³-hybridized carbons (Fsp3) is 0.677. The Bertz CT molecular complexity index is 1390. The van der Waals surface area contributed by atoms with Crippen molar-refractivity contribution in [3.63, 3.8) is 0 Å². The number of fused-ring (bicyclic) bond motifs is 2. The first-order valence-corrected chi connectivity index (χ1v) is 14.5. The number of hydrogen-bond acceptors (Lipinski definition) is 13. The number of cyclic esters (lactones) is 2. The standard InChI is InChI=1S/C31H38O13/c1-13-22-23(37)29(6)18(10-19(34)39-8)28(4,5)11-17(40-14(2)32)25(29)44-31(13)12-21(36)42-24(16-9-20(35)43-27(16)38)30(31,7)26(22)41-15(3)33/h9,17-18,20,22,24-26,35H,1,10-12H2,2-8H3/t17-,18-,20-,22-,24-,25-,26-,29-,30+,31-/m0/s1. The molecular weight excluding hydrogens is 580 g/mol. The highest BCUT2D eigenvalue weighted by molar-refractivity contribution is 5.96. The number of ketones is 1. The fourth-order valence-electron chi connectivity index (χ4n) is 8.72. The molecule has 13 heteroatoms. The van der Waals surface area contributed by atoms with Gasteiger partial charge >= 0.3 is 29.8 Å². The SMILES string of the molecule is C=C1[C@H]2C(=O)[C@@]3(C)[C@@H](O[C@@]14CC(=O)O[C@@H](C1=C[C@@H](O)OC1=O)[C@]4(C)[C@H]2OC(C)=O)[C@@H](OC(C)=O)CC(C)(C)[C@@H]3CC(=O)OC. The average molecular weight is 619 g/mol. The monoisotopic (exact) mass is 618 g/mol. The van der Waals surface area contributed by atoms with Crippen LogP contribution in [-0.2, 0) is 57.2 Å². The molecule has 3 aliphatic heterocycles. The molecule has 4 fully saturated rings. The van der Waals surface area contributed by atoms with Crippen LogP contribution in [0.1, 0.15) is 60.8 Å². The predicted octanol–water partition coefficient (Wildman–Crippen LogP) is 1.48. The lowest BCUT2D eigenvalue weighted by Gasteiger charge is -2.60. The molecule has 0 aromatic rings. The van der Waals surface area contributed by atoms with Crippen molar-refractivity contribution in [2.45, 2.75) is 97.1 Å². The smallest absolute Gasteiger partial charge is 0.340 e. The van der Waals surface area contributed by atoms with Crippen LogP contribution in [-0.4, -0.2) is 84.2 Å². The van der Waals surface area contributed by atoms with E-state index in [9.17, 15) is 29.1 Å². The lowest BCUT2D eigenvalue weighted by atomic mass is 9.50. The normalized spacial score (nSPS) is 42.2. The lowest BCUT2D eigenvalue weighted by Crippen LogP contribution is -2.70. The molecule has 3 heterocycles. The molecule has 0 amide bonds.